The number of carbonyl (C=O) groups excluding carboxylic acids is 3. The van der Waals surface area contributed by atoms with Crippen LogP contribution in [0, 0.1) is 5.92 Å². The maximum Gasteiger partial charge on any atom is 0.328 e. The number of benzene rings is 1. The third-order valence-electron chi connectivity index (χ3n) is 4.78. The Morgan fingerprint density at radius 1 is 1.23 bits per heavy atom. The van der Waals surface area contributed by atoms with Crippen molar-refractivity contribution < 1.29 is 28.6 Å². The Labute approximate surface area is 153 Å². The summed E-state index contributed by atoms with van der Waals surface area (Å²) in [7, 11) is 2.79. The minimum Gasteiger partial charge on any atom is -0.493 e. The molecule has 1 aromatic carbocycles. The molecule has 0 aliphatic carbocycles. The molecular formula is C19H25NO6. The highest BCUT2D eigenvalue weighted by molar-refractivity contribution is 5.83. The van der Waals surface area contributed by atoms with Gasteiger partial charge in [0.2, 0.25) is 0 Å². The van der Waals surface area contributed by atoms with Gasteiger partial charge in [0.25, 0.3) is 0 Å². The molecule has 7 nitrogen and oxygen atoms in total. The average molecular weight is 363 g/mol. The number of ether oxygens (including phenoxy) is 3. The van der Waals surface area contributed by atoms with Gasteiger partial charge in [0.1, 0.15) is 12.3 Å². The fraction of sp³-hybridized carbons (Fsp3) is 0.526. The highest BCUT2D eigenvalue weighted by Crippen LogP contribution is 2.34. The zero-order chi connectivity index (χ0) is 19.3. The van der Waals surface area contributed by atoms with Gasteiger partial charge in [0.15, 0.2) is 11.5 Å². The summed E-state index contributed by atoms with van der Waals surface area (Å²) in [6, 6.07) is 3.94. The molecule has 0 saturated carbocycles. The summed E-state index contributed by atoms with van der Waals surface area (Å²) >= 11 is 0. The van der Waals surface area contributed by atoms with Crippen molar-refractivity contribution in [2.75, 3.05) is 20.8 Å². The largest absolute Gasteiger partial charge is 0.493 e. The van der Waals surface area contributed by atoms with Gasteiger partial charge in [-0.1, -0.05) is 6.92 Å². The SMILES string of the molecule is CCCN1C(C(=O)Oc2ccc(C=O)cc2OC)CC(C(=O)OC)C1C. The first-order valence-electron chi connectivity index (χ1n) is 8.65. The van der Waals surface area contributed by atoms with Gasteiger partial charge < -0.3 is 14.2 Å². The lowest BCUT2D eigenvalue weighted by atomic mass is 10.0. The molecule has 0 radical (unpaired) electrons. The van der Waals surface area contributed by atoms with E-state index in [1.165, 1.54) is 26.4 Å². The van der Waals surface area contributed by atoms with Gasteiger partial charge in [0.05, 0.1) is 20.1 Å². The summed E-state index contributed by atoms with van der Waals surface area (Å²) in [5.41, 5.74) is 0.425. The number of rotatable bonds is 7. The van der Waals surface area contributed by atoms with Crippen LogP contribution in [-0.2, 0) is 14.3 Å². The highest BCUT2D eigenvalue weighted by Gasteiger charge is 2.46. The maximum absolute atomic E-state index is 12.8. The van der Waals surface area contributed by atoms with E-state index in [1.807, 2.05) is 18.7 Å². The summed E-state index contributed by atoms with van der Waals surface area (Å²) in [6.45, 7) is 4.61. The fourth-order valence-corrected chi connectivity index (χ4v) is 3.40. The first-order chi connectivity index (χ1) is 12.5. The van der Waals surface area contributed by atoms with E-state index in [4.69, 9.17) is 14.2 Å². The average Bonchev–Trinajstić information content (AvgIpc) is 2.98. The first kappa shape index (κ1) is 19.9. The second kappa shape index (κ2) is 8.80. The van der Waals surface area contributed by atoms with Crippen LogP contribution in [0.2, 0.25) is 0 Å². The molecule has 0 amide bonds. The van der Waals surface area contributed by atoms with Crippen molar-refractivity contribution in [3.63, 3.8) is 0 Å². The van der Waals surface area contributed by atoms with E-state index in [-0.39, 0.29) is 23.7 Å². The van der Waals surface area contributed by atoms with Crippen molar-refractivity contribution in [3.8, 4) is 11.5 Å². The Hall–Kier alpha value is -2.41. The van der Waals surface area contributed by atoms with Crippen molar-refractivity contribution >= 4 is 18.2 Å². The molecule has 1 aliphatic rings. The standard InChI is InChI=1S/C19H25NO6/c1-5-8-20-12(2)14(18(22)25-4)10-15(20)19(23)26-16-7-6-13(11-21)9-17(16)24-3/h6-7,9,11-12,14-15H,5,8,10H2,1-4H3. The van der Waals surface area contributed by atoms with Gasteiger partial charge in [-0.3, -0.25) is 14.5 Å². The lowest BCUT2D eigenvalue weighted by Crippen LogP contribution is -2.42. The predicted molar refractivity (Wildman–Crippen MR) is 94.4 cm³/mol. The number of nitrogens with zero attached hydrogens (tertiary/aromatic N) is 1. The summed E-state index contributed by atoms with van der Waals surface area (Å²) < 4.78 is 15.6. The van der Waals surface area contributed by atoms with E-state index in [9.17, 15) is 14.4 Å². The topological polar surface area (TPSA) is 82.1 Å². The van der Waals surface area contributed by atoms with Gasteiger partial charge in [-0.15, -0.1) is 0 Å². The molecule has 7 heteroatoms. The summed E-state index contributed by atoms with van der Waals surface area (Å²) in [6.07, 6.45) is 1.89. The molecule has 0 bridgehead atoms. The molecule has 2 rings (SSSR count). The second-order valence-corrected chi connectivity index (χ2v) is 6.31. The van der Waals surface area contributed by atoms with Gasteiger partial charge in [-0.25, -0.2) is 4.79 Å². The smallest absolute Gasteiger partial charge is 0.328 e. The zero-order valence-corrected chi connectivity index (χ0v) is 15.6. The Morgan fingerprint density at radius 2 is 1.96 bits per heavy atom. The zero-order valence-electron chi connectivity index (χ0n) is 15.6. The van der Waals surface area contributed by atoms with E-state index in [0.29, 0.717) is 30.6 Å². The third-order valence-corrected chi connectivity index (χ3v) is 4.78. The number of carbonyl (C=O) groups is 3. The van der Waals surface area contributed by atoms with Crippen molar-refractivity contribution in [2.24, 2.45) is 5.92 Å². The van der Waals surface area contributed by atoms with Crippen LogP contribution in [0.1, 0.15) is 37.0 Å². The molecule has 26 heavy (non-hydrogen) atoms. The van der Waals surface area contributed by atoms with Gasteiger partial charge in [-0.05, 0) is 44.5 Å². The molecule has 1 saturated heterocycles. The summed E-state index contributed by atoms with van der Waals surface area (Å²) in [4.78, 5) is 37.7. The molecule has 1 aliphatic heterocycles. The van der Waals surface area contributed by atoms with Gasteiger partial charge in [-0.2, -0.15) is 0 Å². The molecule has 1 aromatic rings. The molecule has 1 fully saturated rings. The Morgan fingerprint density at radius 3 is 2.54 bits per heavy atom. The van der Waals surface area contributed by atoms with Crippen LogP contribution in [0.5, 0.6) is 11.5 Å². The van der Waals surface area contributed by atoms with Crippen LogP contribution in [-0.4, -0.2) is 56.0 Å². The van der Waals surface area contributed by atoms with Crippen molar-refractivity contribution in [2.45, 2.75) is 38.8 Å². The number of methoxy groups -OCH3 is 2. The lowest BCUT2D eigenvalue weighted by molar-refractivity contribution is -0.146. The molecule has 0 N–H and O–H groups in total. The molecule has 3 atom stereocenters. The van der Waals surface area contributed by atoms with Crippen LogP contribution in [0.15, 0.2) is 18.2 Å². The minimum atomic E-state index is -0.537. The molecule has 1 heterocycles. The van der Waals surface area contributed by atoms with E-state index >= 15 is 0 Å². The third kappa shape index (κ3) is 4.04. The molecule has 0 spiro atoms. The normalized spacial score (nSPS) is 22.7. The second-order valence-electron chi connectivity index (χ2n) is 6.31. The van der Waals surface area contributed by atoms with E-state index in [1.54, 1.807) is 6.07 Å². The van der Waals surface area contributed by atoms with Crippen LogP contribution in [0.25, 0.3) is 0 Å². The number of esters is 2. The van der Waals surface area contributed by atoms with Crippen molar-refractivity contribution in [3.05, 3.63) is 23.8 Å². The van der Waals surface area contributed by atoms with E-state index in [2.05, 4.69) is 0 Å². The Bertz CT molecular complexity index is 674. The number of hydrogen-bond acceptors (Lipinski definition) is 7. The van der Waals surface area contributed by atoms with Crippen LogP contribution >= 0.6 is 0 Å². The molecule has 0 aromatic heterocycles. The van der Waals surface area contributed by atoms with Gasteiger partial charge in [0, 0.05) is 11.6 Å². The monoisotopic (exact) mass is 363 g/mol. The predicted octanol–water partition coefficient (Wildman–Crippen LogP) is 2.08. The Balaban J connectivity index is 2.21. The van der Waals surface area contributed by atoms with Crippen molar-refractivity contribution in [1.29, 1.82) is 0 Å². The van der Waals surface area contributed by atoms with Crippen LogP contribution in [0.3, 0.4) is 0 Å². The Kier molecular flexibility index (Phi) is 6.74. The molecule has 3 unspecified atom stereocenters. The van der Waals surface area contributed by atoms with E-state index < -0.39 is 12.0 Å². The minimum absolute atomic E-state index is 0.112. The fourth-order valence-electron chi connectivity index (χ4n) is 3.40. The van der Waals surface area contributed by atoms with Crippen molar-refractivity contribution in [1.82, 2.24) is 4.90 Å². The van der Waals surface area contributed by atoms with Crippen LogP contribution in [0.4, 0.5) is 0 Å². The lowest BCUT2D eigenvalue weighted by Gasteiger charge is -2.27. The molecular weight excluding hydrogens is 338 g/mol. The number of aldehydes is 1. The summed E-state index contributed by atoms with van der Waals surface area (Å²) in [5.74, 6) is -0.589. The summed E-state index contributed by atoms with van der Waals surface area (Å²) in [5, 5.41) is 0. The van der Waals surface area contributed by atoms with Gasteiger partial charge >= 0.3 is 11.9 Å². The highest BCUT2D eigenvalue weighted by atomic mass is 16.6. The quantitative estimate of drug-likeness (QED) is 0.417. The first-order valence-corrected chi connectivity index (χ1v) is 8.65. The van der Waals surface area contributed by atoms with E-state index in [0.717, 1.165) is 6.42 Å². The molecule has 142 valence electrons. The maximum atomic E-state index is 12.8. The number of hydrogen-bond donors (Lipinski definition) is 0. The van der Waals surface area contributed by atoms with Crippen LogP contribution < -0.4 is 9.47 Å². The number of likely N-dealkylation sites (tertiary alicyclic amines) is 1.